The van der Waals surface area contributed by atoms with E-state index in [4.69, 9.17) is 16.3 Å². The number of aromatic nitrogens is 3. The highest BCUT2D eigenvalue weighted by Gasteiger charge is 2.29. The first kappa shape index (κ1) is 16.8. The highest BCUT2D eigenvalue weighted by atomic mass is 35.5. The second-order valence-electron chi connectivity index (χ2n) is 7.34. The maximum Gasteiger partial charge on any atom is 0.131 e. The first-order valence-corrected chi connectivity index (χ1v) is 9.16. The molecular weight excluding hydrogens is 340 g/mol. The predicted octanol–water partition coefficient (Wildman–Crippen LogP) is 3.28. The minimum Gasteiger partial charge on any atom is -0.390 e. The zero-order valence-electron chi connectivity index (χ0n) is 14.3. The first-order chi connectivity index (χ1) is 12.0. The summed E-state index contributed by atoms with van der Waals surface area (Å²) in [5, 5.41) is 18.9. The van der Waals surface area contributed by atoms with Crippen LogP contribution < -0.4 is 5.32 Å². The minimum absolute atomic E-state index is 0.319. The number of nitrogens with zero attached hydrogens (tertiary/aromatic N) is 3. The van der Waals surface area contributed by atoms with Gasteiger partial charge in [-0.1, -0.05) is 11.6 Å². The Morgan fingerprint density at radius 2 is 2.12 bits per heavy atom. The van der Waals surface area contributed by atoms with E-state index in [1.165, 1.54) is 0 Å². The number of nitrogens with one attached hydrogen (secondary N) is 1. The van der Waals surface area contributed by atoms with Crippen molar-refractivity contribution in [2.75, 3.05) is 18.5 Å². The molecule has 6 nitrogen and oxygen atoms in total. The largest absolute Gasteiger partial charge is 0.390 e. The van der Waals surface area contributed by atoms with Crippen molar-refractivity contribution in [1.29, 1.82) is 0 Å². The lowest BCUT2D eigenvalue weighted by Crippen LogP contribution is -2.35. The van der Waals surface area contributed by atoms with E-state index in [0.29, 0.717) is 30.5 Å². The number of halogens is 1. The molecule has 0 bridgehead atoms. The van der Waals surface area contributed by atoms with Crippen LogP contribution in [0, 0.1) is 0 Å². The SMILES string of the molecule is CC1(O)CCC(Nc2cc(Cl)ncc2-c2ccn(C3COC3)n2)CC1. The van der Waals surface area contributed by atoms with Crippen LogP contribution in [0.1, 0.15) is 38.6 Å². The normalized spacial score (nSPS) is 27.1. The molecule has 0 unspecified atom stereocenters. The fraction of sp³-hybridized carbons (Fsp3) is 0.556. The van der Waals surface area contributed by atoms with E-state index in [1.807, 2.05) is 29.9 Å². The van der Waals surface area contributed by atoms with Gasteiger partial charge in [0.05, 0.1) is 30.6 Å². The number of anilines is 1. The second kappa shape index (κ2) is 6.59. The van der Waals surface area contributed by atoms with Crippen LogP contribution in [0.2, 0.25) is 5.15 Å². The summed E-state index contributed by atoms with van der Waals surface area (Å²) in [6.45, 7) is 3.34. The van der Waals surface area contributed by atoms with Gasteiger partial charge in [-0.05, 0) is 44.7 Å². The highest BCUT2D eigenvalue weighted by molar-refractivity contribution is 6.29. The highest BCUT2D eigenvalue weighted by Crippen LogP contribution is 2.34. The van der Waals surface area contributed by atoms with Crippen molar-refractivity contribution >= 4 is 17.3 Å². The molecule has 2 N–H and O–H groups in total. The Morgan fingerprint density at radius 1 is 1.36 bits per heavy atom. The average molecular weight is 363 g/mol. The summed E-state index contributed by atoms with van der Waals surface area (Å²) in [5.41, 5.74) is 2.23. The Labute approximate surface area is 152 Å². The van der Waals surface area contributed by atoms with Crippen molar-refractivity contribution in [3.63, 3.8) is 0 Å². The monoisotopic (exact) mass is 362 g/mol. The van der Waals surface area contributed by atoms with Crippen molar-refractivity contribution in [2.24, 2.45) is 0 Å². The summed E-state index contributed by atoms with van der Waals surface area (Å²) < 4.78 is 7.19. The molecule has 1 saturated heterocycles. The van der Waals surface area contributed by atoms with E-state index in [9.17, 15) is 5.11 Å². The van der Waals surface area contributed by atoms with E-state index in [2.05, 4.69) is 15.4 Å². The summed E-state index contributed by atoms with van der Waals surface area (Å²) in [6, 6.07) is 4.50. The smallest absolute Gasteiger partial charge is 0.131 e. The molecule has 3 heterocycles. The maximum atomic E-state index is 10.1. The Morgan fingerprint density at radius 3 is 2.80 bits per heavy atom. The van der Waals surface area contributed by atoms with Gasteiger partial charge < -0.3 is 15.2 Å². The van der Waals surface area contributed by atoms with Crippen LogP contribution in [-0.4, -0.2) is 44.7 Å². The molecule has 1 aliphatic heterocycles. The Balaban J connectivity index is 1.55. The molecule has 25 heavy (non-hydrogen) atoms. The molecule has 7 heteroatoms. The van der Waals surface area contributed by atoms with Gasteiger partial charge in [0, 0.05) is 29.7 Å². The molecule has 0 aromatic carbocycles. The summed E-state index contributed by atoms with van der Waals surface area (Å²) in [5.74, 6) is 0. The van der Waals surface area contributed by atoms with Gasteiger partial charge in [-0.25, -0.2) is 4.98 Å². The molecule has 1 aliphatic carbocycles. The van der Waals surface area contributed by atoms with Crippen LogP contribution >= 0.6 is 11.6 Å². The average Bonchev–Trinajstić information content (AvgIpc) is 2.97. The summed E-state index contributed by atoms with van der Waals surface area (Å²) >= 11 is 6.12. The van der Waals surface area contributed by atoms with Crippen molar-refractivity contribution in [3.05, 3.63) is 29.7 Å². The summed E-state index contributed by atoms with van der Waals surface area (Å²) in [4.78, 5) is 4.23. The number of rotatable bonds is 4. The van der Waals surface area contributed by atoms with Crippen molar-refractivity contribution in [1.82, 2.24) is 14.8 Å². The van der Waals surface area contributed by atoms with Gasteiger partial charge in [-0.3, -0.25) is 4.68 Å². The number of hydrogen-bond acceptors (Lipinski definition) is 5. The zero-order valence-corrected chi connectivity index (χ0v) is 15.0. The van der Waals surface area contributed by atoms with Crippen molar-refractivity contribution in [3.8, 4) is 11.3 Å². The fourth-order valence-corrected chi connectivity index (χ4v) is 3.58. The van der Waals surface area contributed by atoms with Gasteiger partial charge in [0.15, 0.2) is 0 Å². The Kier molecular flexibility index (Phi) is 4.43. The van der Waals surface area contributed by atoms with Crippen LogP contribution in [0.5, 0.6) is 0 Å². The lowest BCUT2D eigenvalue weighted by atomic mass is 9.83. The number of ether oxygens (including phenoxy) is 1. The van der Waals surface area contributed by atoms with Gasteiger partial charge in [0.25, 0.3) is 0 Å². The number of pyridine rings is 1. The summed E-state index contributed by atoms with van der Waals surface area (Å²) in [7, 11) is 0. The van der Waals surface area contributed by atoms with Gasteiger partial charge in [0.2, 0.25) is 0 Å². The first-order valence-electron chi connectivity index (χ1n) is 8.78. The van der Waals surface area contributed by atoms with E-state index in [0.717, 1.165) is 42.6 Å². The second-order valence-corrected chi connectivity index (χ2v) is 7.73. The van der Waals surface area contributed by atoms with Crippen LogP contribution in [0.15, 0.2) is 24.5 Å². The van der Waals surface area contributed by atoms with E-state index < -0.39 is 5.60 Å². The topological polar surface area (TPSA) is 72.2 Å². The molecule has 4 rings (SSSR count). The number of hydrogen-bond donors (Lipinski definition) is 2. The maximum absolute atomic E-state index is 10.1. The standard InChI is InChI=1S/C18H23ClN4O2/c1-18(24)5-2-12(3-6-18)21-16-8-17(19)20-9-14(16)15-4-7-23(22-15)13-10-25-11-13/h4,7-9,12-13,24H,2-3,5-6,10-11H2,1H3,(H,20,21). The molecule has 1 saturated carbocycles. The Bertz CT molecular complexity index is 747. The third-order valence-electron chi connectivity index (χ3n) is 5.17. The minimum atomic E-state index is -0.541. The molecular formula is C18H23ClN4O2. The molecule has 2 aromatic rings. The van der Waals surface area contributed by atoms with Gasteiger partial charge >= 0.3 is 0 Å². The van der Waals surface area contributed by atoms with Crippen LogP contribution in [0.4, 0.5) is 5.69 Å². The molecule has 0 atom stereocenters. The molecule has 2 aliphatic rings. The lowest BCUT2D eigenvalue weighted by Gasteiger charge is -2.34. The van der Waals surface area contributed by atoms with Crippen LogP contribution in [0.25, 0.3) is 11.3 Å². The van der Waals surface area contributed by atoms with Crippen LogP contribution in [0.3, 0.4) is 0 Å². The quantitative estimate of drug-likeness (QED) is 0.817. The fourth-order valence-electron chi connectivity index (χ4n) is 3.42. The molecule has 2 aromatic heterocycles. The van der Waals surface area contributed by atoms with E-state index in [-0.39, 0.29) is 0 Å². The van der Waals surface area contributed by atoms with Gasteiger partial charge in [0.1, 0.15) is 5.15 Å². The van der Waals surface area contributed by atoms with E-state index in [1.54, 1.807) is 6.20 Å². The molecule has 2 fully saturated rings. The van der Waals surface area contributed by atoms with Gasteiger partial charge in [-0.2, -0.15) is 5.10 Å². The molecule has 134 valence electrons. The third-order valence-corrected chi connectivity index (χ3v) is 5.38. The van der Waals surface area contributed by atoms with Crippen LogP contribution in [-0.2, 0) is 4.74 Å². The summed E-state index contributed by atoms with van der Waals surface area (Å²) in [6.07, 6.45) is 7.22. The lowest BCUT2D eigenvalue weighted by molar-refractivity contribution is -0.0285. The molecule has 0 amide bonds. The predicted molar refractivity (Wildman–Crippen MR) is 96.8 cm³/mol. The zero-order chi connectivity index (χ0) is 17.4. The third kappa shape index (κ3) is 3.66. The van der Waals surface area contributed by atoms with Gasteiger partial charge in [-0.15, -0.1) is 0 Å². The van der Waals surface area contributed by atoms with Crippen molar-refractivity contribution in [2.45, 2.75) is 50.3 Å². The van der Waals surface area contributed by atoms with Crippen molar-refractivity contribution < 1.29 is 9.84 Å². The Hall–Kier alpha value is -1.63. The van der Waals surface area contributed by atoms with E-state index >= 15 is 0 Å². The number of aliphatic hydroxyl groups is 1. The molecule has 0 spiro atoms. The molecule has 0 radical (unpaired) electrons.